The fourth-order valence-corrected chi connectivity index (χ4v) is 4.02. The molecule has 0 unspecified atom stereocenters. The summed E-state index contributed by atoms with van der Waals surface area (Å²) in [7, 11) is 0. The summed E-state index contributed by atoms with van der Waals surface area (Å²) in [6.07, 6.45) is 13.4. The number of Topliss-reactive ketones (excluding diaryl/α,β-unsaturated/α-hetero) is 1. The molecule has 136 valence electrons. The molecule has 1 fully saturated rings. The summed E-state index contributed by atoms with van der Waals surface area (Å²) >= 11 is 1.52. The van der Waals surface area contributed by atoms with Crippen LogP contribution in [0.25, 0.3) is 0 Å². The lowest BCUT2D eigenvalue weighted by Gasteiger charge is -2.04. The second-order valence-electron chi connectivity index (χ2n) is 6.63. The Labute approximate surface area is 150 Å². The van der Waals surface area contributed by atoms with Crippen LogP contribution in [0.3, 0.4) is 0 Å². The lowest BCUT2D eigenvalue weighted by molar-refractivity contribution is -0.0413. The Hall–Kier alpha value is -0.710. The second-order valence-corrected chi connectivity index (χ2v) is 7.75. The fraction of sp³-hybridized carbons (Fsp3) is 0.750. The van der Waals surface area contributed by atoms with Gasteiger partial charge in [0.15, 0.2) is 12.1 Å². The molecule has 0 spiro atoms. The van der Waals surface area contributed by atoms with E-state index in [1.807, 2.05) is 12.1 Å². The summed E-state index contributed by atoms with van der Waals surface area (Å²) in [6.45, 7) is 3.55. The van der Waals surface area contributed by atoms with Gasteiger partial charge in [-0.25, -0.2) is 0 Å². The Bertz CT molecular complexity index is 463. The number of hydrogen-bond donors (Lipinski definition) is 0. The fourth-order valence-electron chi connectivity index (χ4n) is 3.05. The monoisotopic (exact) mass is 352 g/mol. The summed E-state index contributed by atoms with van der Waals surface area (Å²) in [5.74, 6) is 0.267. The van der Waals surface area contributed by atoms with E-state index in [1.165, 1.54) is 69.1 Å². The molecule has 1 saturated heterocycles. The lowest BCUT2D eigenvalue weighted by Crippen LogP contribution is -1.96. The first-order valence-electron chi connectivity index (χ1n) is 9.67. The smallest absolute Gasteiger partial charge is 0.193 e. The van der Waals surface area contributed by atoms with Crippen LogP contribution in [0.15, 0.2) is 12.1 Å². The topological polar surface area (TPSA) is 35.5 Å². The van der Waals surface area contributed by atoms with E-state index in [0.29, 0.717) is 19.6 Å². The average Bonchev–Trinajstić information content (AvgIpc) is 3.27. The van der Waals surface area contributed by atoms with Gasteiger partial charge in [-0.15, -0.1) is 11.3 Å². The molecule has 1 aromatic rings. The zero-order chi connectivity index (χ0) is 17.0. The molecule has 2 rings (SSSR count). The predicted octanol–water partition coefficient (Wildman–Crippen LogP) is 6.29. The third-order valence-electron chi connectivity index (χ3n) is 4.51. The van der Waals surface area contributed by atoms with Gasteiger partial charge in [0.2, 0.25) is 0 Å². The minimum atomic E-state index is -0.256. The molecule has 1 aliphatic heterocycles. The van der Waals surface area contributed by atoms with Crippen molar-refractivity contribution in [3.63, 3.8) is 0 Å². The van der Waals surface area contributed by atoms with Gasteiger partial charge in [-0.05, 0) is 18.6 Å². The van der Waals surface area contributed by atoms with Crippen LogP contribution in [0.4, 0.5) is 0 Å². The minimum absolute atomic E-state index is 0.256. The van der Waals surface area contributed by atoms with E-state index in [2.05, 4.69) is 6.92 Å². The molecule has 3 nitrogen and oxygen atoms in total. The Morgan fingerprint density at radius 1 is 0.958 bits per heavy atom. The standard InChI is InChI=1S/C20H32O3S/c1-2-3-4-5-6-7-8-9-10-11-12-17(21)18-13-14-19(24-18)20-22-15-16-23-20/h13-14,20H,2-12,15-16H2,1H3. The molecule has 0 N–H and O–H groups in total. The Morgan fingerprint density at radius 2 is 1.54 bits per heavy atom. The molecular weight excluding hydrogens is 320 g/mol. The maximum absolute atomic E-state index is 12.2. The van der Waals surface area contributed by atoms with Gasteiger partial charge in [-0.2, -0.15) is 0 Å². The summed E-state index contributed by atoms with van der Waals surface area (Å²) < 4.78 is 11.0. The first-order chi connectivity index (χ1) is 11.8. The first kappa shape index (κ1) is 19.6. The van der Waals surface area contributed by atoms with Gasteiger partial charge in [0.25, 0.3) is 0 Å². The van der Waals surface area contributed by atoms with Crippen molar-refractivity contribution in [2.24, 2.45) is 0 Å². The molecule has 24 heavy (non-hydrogen) atoms. The molecule has 1 aromatic heterocycles. The largest absolute Gasteiger partial charge is 0.345 e. The van der Waals surface area contributed by atoms with Crippen LogP contribution in [-0.4, -0.2) is 19.0 Å². The molecule has 1 aliphatic rings. The number of carbonyl (C=O) groups is 1. The van der Waals surface area contributed by atoms with E-state index < -0.39 is 0 Å². The van der Waals surface area contributed by atoms with Crippen molar-refractivity contribution in [3.05, 3.63) is 21.9 Å². The molecule has 0 radical (unpaired) electrons. The van der Waals surface area contributed by atoms with Crippen molar-refractivity contribution in [1.82, 2.24) is 0 Å². The summed E-state index contributed by atoms with van der Waals surface area (Å²) in [5.41, 5.74) is 0. The molecule has 0 aromatic carbocycles. The maximum Gasteiger partial charge on any atom is 0.193 e. The first-order valence-corrected chi connectivity index (χ1v) is 10.5. The summed E-state index contributed by atoms with van der Waals surface area (Å²) in [6, 6.07) is 3.89. The number of carbonyl (C=O) groups excluding carboxylic acids is 1. The van der Waals surface area contributed by atoms with Crippen molar-refractivity contribution in [2.45, 2.75) is 83.8 Å². The Kier molecular flexibility index (Phi) is 9.62. The van der Waals surface area contributed by atoms with Crippen LogP contribution in [0.5, 0.6) is 0 Å². The van der Waals surface area contributed by atoms with E-state index >= 15 is 0 Å². The van der Waals surface area contributed by atoms with E-state index in [1.54, 1.807) is 0 Å². The van der Waals surface area contributed by atoms with Crippen molar-refractivity contribution >= 4 is 17.1 Å². The van der Waals surface area contributed by atoms with Gasteiger partial charge in [-0.1, -0.05) is 64.7 Å². The summed E-state index contributed by atoms with van der Waals surface area (Å²) in [4.78, 5) is 14.1. The molecule has 0 atom stereocenters. The quantitative estimate of drug-likeness (QED) is 0.309. The van der Waals surface area contributed by atoms with Gasteiger partial charge in [0.05, 0.1) is 23.0 Å². The SMILES string of the molecule is CCCCCCCCCCCCC(=O)c1ccc(C2OCCO2)s1. The zero-order valence-electron chi connectivity index (χ0n) is 15.1. The number of hydrogen-bond acceptors (Lipinski definition) is 4. The highest BCUT2D eigenvalue weighted by molar-refractivity contribution is 7.14. The Balaban J connectivity index is 1.50. The number of rotatable bonds is 13. The van der Waals surface area contributed by atoms with Crippen LogP contribution in [0.1, 0.15) is 98.4 Å². The Morgan fingerprint density at radius 3 is 2.17 bits per heavy atom. The van der Waals surface area contributed by atoms with Crippen LogP contribution in [0, 0.1) is 0 Å². The number of ether oxygens (including phenoxy) is 2. The van der Waals surface area contributed by atoms with Gasteiger partial charge in [0.1, 0.15) is 0 Å². The number of thiophene rings is 1. The number of unbranched alkanes of at least 4 members (excludes halogenated alkanes) is 9. The van der Waals surface area contributed by atoms with Crippen molar-refractivity contribution in [1.29, 1.82) is 0 Å². The van der Waals surface area contributed by atoms with Crippen LogP contribution in [0.2, 0.25) is 0 Å². The third-order valence-corrected chi connectivity index (χ3v) is 5.66. The molecule has 0 saturated carbocycles. The highest BCUT2D eigenvalue weighted by Gasteiger charge is 2.21. The van der Waals surface area contributed by atoms with Crippen molar-refractivity contribution in [2.75, 3.05) is 13.2 Å². The van der Waals surface area contributed by atoms with E-state index in [-0.39, 0.29) is 12.1 Å². The zero-order valence-corrected chi connectivity index (χ0v) is 15.9. The molecule has 0 aliphatic carbocycles. The molecule has 0 bridgehead atoms. The second kappa shape index (κ2) is 11.8. The van der Waals surface area contributed by atoms with Crippen LogP contribution in [-0.2, 0) is 9.47 Å². The molecule has 4 heteroatoms. The van der Waals surface area contributed by atoms with Crippen LogP contribution < -0.4 is 0 Å². The summed E-state index contributed by atoms with van der Waals surface area (Å²) in [5, 5.41) is 0. The number of ketones is 1. The molecule has 0 amide bonds. The lowest BCUT2D eigenvalue weighted by atomic mass is 10.0. The van der Waals surface area contributed by atoms with Gasteiger partial charge in [0, 0.05) is 6.42 Å². The highest BCUT2D eigenvalue weighted by atomic mass is 32.1. The van der Waals surface area contributed by atoms with Gasteiger partial charge in [-0.3, -0.25) is 4.79 Å². The van der Waals surface area contributed by atoms with E-state index in [9.17, 15) is 4.79 Å². The predicted molar refractivity (Wildman–Crippen MR) is 99.8 cm³/mol. The third kappa shape index (κ3) is 7.04. The average molecular weight is 353 g/mol. The van der Waals surface area contributed by atoms with E-state index in [0.717, 1.165) is 16.2 Å². The minimum Gasteiger partial charge on any atom is -0.345 e. The highest BCUT2D eigenvalue weighted by Crippen LogP contribution is 2.30. The van der Waals surface area contributed by atoms with E-state index in [4.69, 9.17) is 9.47 Å². The van der Waals surface area contributed by atoms with Crippen LogP contribution >= 0.6 is 11.3 Å². The normalized spacial score (nSPS) is 15.2. The molecular formula is C20H32O3S. The van der Waals surface area contributed by atoms with Crippen molar-refractivity contribution in [3.8, 4) is 0 Å². The van der Waals surface area contributed by atoms with Crippen molar-refractivity contribution < 1.29 is 14.3 Å². The van der Waals surface area contributed by atoms with Gasteiger partial charge >= 0.3 is 0 Å². The molecule has 2 heterocycles. The van der Waals surface area contributed by atoms with Gasteiger partial charge < -0.3 is 9.47 Å². The maximum atomic E-state index is 12.2.